The van der Waals surface area contributed by atoms with Crippen molar-refractivity contribution in [2.75, 3.05) is 26.2 Å². The molecular weight excluding hydrogens is 276 g/mol. The third-order valence-corrected chi connectivity index (χ3v) is 3.47. The first kappa shape index (κ1) is 16.8. The first-order valence-electron chi connectivity index (χ1n) is 6.95. The summed E-state index contributed by atoms with van der Waals surface area (Å²) in [6.45, 7) is 8.95. The molecule has 0 saturated heterocycles. The highest BCUT2D eigenvalue weighted by Gasteiger charge is 2.11. The van der Waals surface area contributed by atoms with E-state index in [0.29, 0.717) is 23.4 Å². The van der Waals surface area contributed by atoms with Crippen LogP contribution in [-0.4, -0.2) is 43.1 Å². The van der Waals surface area contributed by atoms with E-state index in [0.717, 1.165) is 13.1 Å². The fourth-order valence-electron chi connectivity index (χ4n) is 1.97. The predicted molar refractivity (Wildman–Crippen MR) is 82.3 cm³/mol. The van der Waals surface area contributed by atoms with Crippen LogP contribution in [0, 0.1) is 0 Å². The summed E-state index contributed by atoms with van der Waals surface area (Å²) in [4.78, 5) is 14.0. The van der Waals surface area contributed by atoms with Crippen molar-refractivity contribution in [2.45, 2.75) is 26.8 Å². The van der Waals surface area contributed by atoms with Crippen LogP contribution in [0.2, 0.25) is 5.02 Å². The molecule has 0 aromatic heterocycles. The van der Waals surface area contributed by atoms with Gasteiger partial charge in [0.15, 0.2) is 6.61 Å². The fourth-order valence-corrected chi connectivity index (χ4v) is 2.09. The van der Waals surface area contributed by atoms with E-state index in [9.17, 15) is 4.79 Å². The molecule has 0 fully saturated rings. The first-order chi connectivity index (χ1) is 9.56. The van der Waals surface area contributed by atoms with Crippen molar-refractivity contribution in [2.24, 2.45) is 0 Å². The minimum absolute atomic E-state index is 0.0204. The van der Waals surface area contributed by atoms with Gasteiger partial charge in [0.25, 0.3) is 5.91 Å². The van der Waals surface area contributed by atoms with Crippen LogP contribution in [0.15, 0.2) is 24.3 Å². The maximum atomic E-state index is 11.7. The van der Waals surface area contributed by atoms with Crippen molar-refractivity contribution < 1.29 is 9.53 Å². The Kier molecular flexibility index (Phi) is 7.41. The van der Waals surface area contributed by atoms with Gasteiger partial charge in [-0.25, -0.2) is 0 Å². The van der Waals surface area contributed by atoms with Crippen molar-refractivity contribution in [1.82, 2.24) is 10.2 Å². The van der Waals surface area contributed by atoms with Crippen molar-refractivity contribution >= 4 is 17.5 Å². The molecule has 4 nitrogen and oxygen atoms in total. The van der Waals surface area contributed by atoms with Gasteiger partial charge in [-0.15, -0.1) is 0 Å². The lowest BCUT2D eigenvalue weighted by Gasteiger charge is -2.26. The Morgan fingerprint density at radius 3 is 2.45 bits per heavy atom. The topological polar surface area (TPSA) is 41.6 Å². The molecule has 1 N–H and O–H groups in total. The molecule has 1 unspecified atom stereocenters. The van der Waals surface area contributed by atoms with E-state index >= 15 is 0 Å². The Morgan fingerprint density at radius 1 is 1.30 bits per heavy atom. The van der Waals surface area contributed by atoms with Gasteiger partial charge in [-0.2, -0.15) is 0 Å². The number of likely N-dealkylation sites (N-methyl/N-ethyl adjacent to an activating group) is 1. The van der Waals surface area contributed by atoms with Crippen molar-refractivity contribution in [3.8, 4) is 5.75 Å². The molecule has 0 heterocycles. The largest absolute Gasteiger partial charge is 0.484 e. The number of ether oxygens (including phenoxy) is 1. The van der Waals surface area contributed by atoms with E-state index < -0.39 is 0 Å². The SMILES string of the molecule is CCN(CC)C(C)CNC(=O)COc1ccc(Cl)cc1. The highest BCUT2D eigenvalue weighted by atomic mass is 35.5. The fraction of sp³-hybridized carbons (Fsp3) is 0.533. The summed E-state index contributed by atoms with van der Waals surface area (Å²) in [5.41, 5.74) is 0. The van der Waals surface area contributed by atoms with Crippen molar-refractivity contribution in [3.05, 3.63) is 29.3 Å². The van der Waals surface area contributed by atoms with Crippen LogP contribution in [0.25, 0.3) is 0 Å². The lowest BCUT2D eigenvalue weighted by atomic mass is 10.3. The zero-order valence-corrected chi connectivity index (χ0v) is 13.1. The molecule has 0 aliphatic carbocycles. The number of hydrogen-bond donors (Lipinski definition) is 1. The van der Waals surface area contributed by atoms with E-state index in [1.165, 1.54) is 0 Å². The Balaban J connectivity index is 2.28. The molecular formula is C15H23ClN2O2. The van der Waals surface area contributed by atoms with Crippen LogP contribution < -0.4 is 10.1 Å². The van der Waals surface area contributed by atoms with Crippen LogP contribution in [-0.2, 0) is 4.79 Å². The molecule has 20 heavy (non-hydrogen) atoms. The number of carbonyl (C=O) groups excluding carboxylic acids is 1. The molecule has 1 atom stereocenters. The second kappa shape index (κ2) is 8.82. The average molecular weight is 299 g/mol. The average Bonchev–Trinajstić information content (AvgIpc) is 2.45. The molecule has 0 spiro atoms. The lowest BCUT2D eigenvalue weighted by molar-refractivity contribution is -0.123. The monoisotopic (exact) mass is 298 g/mol. The lowest BCUT2D eigenvalue weighted by Crippen LogP contribution is -2.43. The molecule has 0 bridgehead atoms. The Morgan fingerprint density at radius 2 is 1.90 bits per heavy atom. The third kappa shape index (κ3) is 5.80. The van der Waals surface area contributed by atoms with Gasteiger partial charge in [-0.05, 0) is 44.3 Å². The summed E-state index contributed by atoms with van der Waals surface area (Å²) in [5.74, 6) is 0.528. The van der Waals surface area contributed by atoms with Gasteiger partial charge >= 0.3 is 0 Å². The molecule has 1 aromatic rings. The third-order valence-electron chi connectivity index (χ3n) is 3.21. The highest BCUT2D eigenvalue weighted by Crippen LogP contribution is 2.15. The first-order valence-corrected chi connectivity index (χ1v) is 7.33. The summed E-state index contributed by atoms with van der Waals surface area (Å²) in [6, 6.07) is 7.28. The quantitative estimate of drug-likeness (QED) is 0.802. The van der Waals surface area contributed by atoms with Gasteiger partial charge in [-0.1, -0.05) is 25.4 Å². The zero-order chi connectivity index (χ0) is 15.0. The number of carbonyl (C=O) groups is 1. The Hall–Kier alpha value is -1.26. The Labute approximate surface area is 126 Å². The highest BCUT2D eigenvalue weighted by molar-refractivity contribution is 6.30. The van der Waals surface area contributed by atoms with Gasteiger partial charge in [0.05, 0.1) is 0 Å². The minimum Gasteiger partial charge on any atom is -0.484 e. The smallest absolute Gasteiger partial charge is 0.257 e. The zero-order valence-electron chi connectivity index (χ0n) is 12.4. The van der Waals surface area contributed by atoms with Crippen LogP contribution >= 0.6 is 11.6 Å². The summed E-state index contributed by atoms with van der Waals surface area (Å²) < 4.78 is 5.38. The Bertz CT molecular complexity index is 405. The van der Waals surface area contributed by atoms with Gasteiger partial charge in [0.1, 0.15) is 5.75 Å². The van der Waals surface area contributed by atoms with E-state index in [2.05, 4.69) is 31.0 Å². The van der Waals surface area contributed by atoms with Crippen LogP contribution in [0.4, 0.5) is 0 Å². The summed E-state index contributed by atoms with van der Waals surface area (Å²) >= 11 is 5.78. The van der Waals surface area contributed by atoms with E-state index in [-0.39, 0.29) is 12.5 Å². The summed E-state index contributed by atoms with van der Waals surface area (Å²) in [7, 11) is 0. The van der Waals surface area contributed by atoms with Crippen molar-refractivity contribution in [1.29, 1.82) is 0 Å². The molecule has 112 valence electrons. The van der Waals surface area contributed by atoms with Gasteiger partial charge in [0.2, 0.25) is 0 Å². The van der Waals surface area contributed by atoms with Crippen LogP contribution in [0.3, 0.4) is 0 Å². The molecule has 0 aliphatic rings. The van der Waals surface area contributed by atoms with Crippen molar-refractivity contribution in [3.63, 3.8) is 0 Å². The van der Waals surface area contributed by atoms with E-state index in [1.807, 2.05) is 0 Å². The number of nitrogens with one attached hydrogen (secondary N) is 1. The summed E-state index contributed by atoms with van der Waals surface area (Å²) in [6.07, 6.45) is 0. The van der Waals surface area contributed by atoms with Gasteiger partial charge in [0, 0.05) is 17.6 Å². The predicted octanol–water partition coefficient (Wildman–Crippen LogP) is 2.57. The second-order valence-corrected chi connectivity index (χ2v) is 5.05. The number of benzene rings is 1. The number of rotatable bonds is 8. The normalized spacial score (nSPS) is 12.2. The maximum Gasteiger partial charge on any atom is 0.257 e. The standard InChI is InChI=1S/C15H23ClN2O2/c1-4-18(5-2)12(3)10-17-15(19)11-20-14-8-6-13(16)7-9-14/h6-9,12H,4-5,10-11H2,1-3H3,(H,17,19). The van der Waals surface area contributed by atoms with Crippen LogP contribution in [0.5, 0.6) is 5.75 Å². The van der Waals surface area contributed by atoms with E-state index in [1.54, 1.807) is 24.3 Å². The molecule has 5 heteroatoms. The molecule has 0 radical (unpaired) electrons. The second-order valence-electron chi connectivity index (χ2n) is 4.62. The van der Waals surface area contributed by atoms with E-state index in [4.69, 9.17) is 16.3 Å². The molecule has 0 saturated carbocycles. The van der Waals surface area contributed by atoms with Gasteiger partial charge < -0.3 is 10.1 Å². The number of amides is 1. The molecule has 1 amide bonds. The molecule has 0 aliphatic heterocycles. The number of nitrogens with zero attached hydrogens (tertiary/aromatic N) is 1. The number of hydrogen-bond acceptors (Lipinski definition) is 3. The number of halogens is 1. The molecule has 1 aromatic carbocycles. The minimum atomic E-state index is -0.112. The summed E-state index contributed by atoms with van der Waals surface area (Å²) in [5, 5.41) is 3.53. The van der Waals surface area contributed by atoms with Gasteiger partial charge in [-0.3, -0.25) is 9.69 Å². The molecule has 1 rings (SSSR count). The maximum absolute atomic E-state index is 11.7. The van der Waals surface area contributed by atoms with Crippen LogP contribution in [0.1, 0.15) is 20.8 Å².